The third-order valence-corrected chi connectivity index (χ3v) is 5.87. The quantitative estimate of drug-likeness (QED) is 0.326. The molecule has 0 aliphatic heterocycles. The fourth-order valence-corrected chi connectivity index (χ4v) is 4.18. The minimum Gasteiger partial charge on any atom is -0.497 e. The Morgan fingerprint density at radius 2 is 1.73 bits per heavy atom. The molecule has 0 aliphatic carbocycles. The summed E-state index contributed by atoms with van der Waals surface area (Å²) in [7, 11) is 3.18. The molecular formula is C24H22N2O3S. The Kier molecular flexibility index (Phi) is 5.77. The molecule has 5 nitrogen and oxygen atoms in total. The number of nitrogens with zero attached hydrogens (tertiary/aromatic N) is 2. The maximum atomic E-state index is 13.5. The van der Waals surface area contributed by atoms with Crippen LogP contribution in [0.1, 0.15) is 11.1 Å². The van der Waals surface area contributed by atoms with Gasteiger partial charge in [-0.3, -0.25) is 9.36 Å². The zero-order chi connectivity index (χ0) is 21.1. The molecule has 4 aromatic rings. The molecule has 0 saturated heterocycles. The number of ether oxygens (including phenoxy) is 2. The molecule has 0 radical (unpaired) electrons. The van der Waals surface area contributed by atoms with Crippen molar-refractivity contribution in [1.29, 1.82) is 0 Å². The van der Waals surface area contributed by atoms with Crippen LogP contribution in [-0.4, -0.2) is 23.8 Å². The Hall–Kier alpha value is -3.25. The van der Waals surface area contributed by atoms with Crippen molar-refractivity contribution in [3.05, 3.63) is 88.2 Å². The number of thioether (sulfide) groups is 1. The normalized spacial score (nSPS) is 10.9. The van der Waals surface area contributed by atoms with Crippen LogP contribution < -0.4 is 15.0 Å². The summed E-state index contributed by atoms with van der Waals surface area (Å²) < 4.78 is 12.5. The Labute approximate surface area is 179 Å². The third kappa shape index (κ3) is 3.91. The molecule has 1 heterocycles. The lowest BCUT2D eigenvalue weighted by Crippen LogP contribution is -2.22. The lowest BCUT2D eigenvalue weighted by molar-refractivity contribution is 0.392. The van der Waals surface area contributed by atoms with Crippen molar-refractivity contribution in [2.24, 2.45) is 0 Å². The summed E-state index contributed by atoms with van der Waals surface area (Å²) >= 11 is 1.52. The zero-order valence-corrected chi connectivity index (χ0v) is 17.9. The van der Waals surface area contributed by atoms with E-state index in [9.17, 15) is 4.79 Å². The molecule has 0 atom stereocenters. The zero-order valence-electron chi connectivity index (χ0n) is 17.1. The molecule has 0 aliphatic rings. The minimum absolute atomic E-state index is 0.129. The number of hydrogen-bond donors (Lipinski definition) is 0. The molecular weight excluding hydrogens is 396 g/mol. The van der Waals surface area contributed by atoms with Gasteiger partial charge in [0.2, 0.25) is 0 Å². The van der Waals surface area contributed by atoms with E-state index in [1.165, 1.54) is 22.9 Å². The average molecular weight is 419 g/mol. The van der Waals surface area contributed by atoms with Gasteiger partial charge in [0.1, 0.15) is 11.5 Å². The summed E-state index contributed by atoms with van der Waals surface area (Å²) in [6, 6.07) is 21.2. The fourth-order valence-electron chi connectivity index (χ4n) is 3.22. The maximum Gasteiger partial charge on any atom is 0.266 e. The van der Waals surface area contributed by atoms with Gasteiger partial charge in [-0.25, -0.2) is 4.98 Å². The van der Waals surface area contributed by atoms with Gasteiger partial charge in [0.25, 0.3) is 5.56 Å². The van der Waals surface area contributed by atoms with Crippen LogP contribution in [0.25, 0.3) is 16.6 Å². The Balaban J connectivity index is 1.86. The molecule has 0 bridgehead atoms. The van der Waals surface area contributed by atoms with Crippen molar-refractivity contribution in [3.8, 4) is 17.2 Å². The molecule has 0 spiro atoms. The van der Waals surface area contributed by atoms with Crippen LogP contribution in [0.2, 0.25) is 0 Å². The topological polar surface area (TPSA) is 53.4 Å². The highest BCUT2D eigenvalue weighted by Gasteiger charge is 2.17. The monoisotopic (exact) mass is 418 g/mol. The Bertz CT molecular complexity index is 1250. The van der Waals surface area contributed by atoms with E-state index in [0.29, 0.717) is 39.0 Å². The molecule has 0 fully saturated rings. The SMILES string of the molecule is COc1ccc(-n2c(SCc3ccc(C)cc3)nc3ccccc3c2=O)c(OC)c1. The highest BCUT2D eigenvalue weighted by Crippen LogP contribution is 2.31. The smallest absolute Gasteiger partial charge is 0.266 e. The van der Waals surface area contributed by atoms with Gasteiger partial charge in [0.05, 0.1) is 30.8 Å². The van der Waals surface area contributed by atoms with Crippen LogP contribution in [0.4, 0.5) is 0 Å². The van der Waals surface area contributed by atoms with Gasteiger partial charge in [-0.2, -0.15) is 0 Å². The molecule has 0 amide bonds. The summed E-state index contributed by atoms with van der Waals surface area (Å²) in [4.78, 5) is 18.3. The summed E-state index contributed by atoms with van der Waals surface area (Å²) in [6.45, 7) is 2.06. The molecule has 0 N–H and O–H groups in total. The fraction of sp³-hybridized carbons (Fsp3) is 0.167. The van der Waals surface area contributed by atoms with E-state index in [1.54, 1.807) is 30.9 Å². The van der Waals surface area contributed by atoms with Crippen LogP contribution >= 0.6 is 11.8 Å². The molecule has 4 rings (SSSR count). The predicted molar refractivity (Wildman–Crippen MR) is 121 cm³/mol. The molecule has 30 heavy (non-hydrogen) atoms. The van der Waals surface area contributed by atoms with Gasteiger partial charge in [0, 0.05) is 11.8 Å². The van der Waals surface area contributed by atoms with Crippen LogP contribution in [-0.2, 0) is 5.75 Å². The number of hydrogen-bond acceptors (Lipinski definition) is 5. The first kappa shape index (κ1) is 20.0. The van der Waals surface area contributed by atoms with Crippen LogP contribution in [0.5, 0.6) is 11.5 Å². The number of methoxy groups -OCH3 is 2. The van der Waals surface area contributed by atoms with Crippen molar-refractivity contribution < 1.29 is 9.47 Å². The number of aromatic nitrogens is 2. The molecule has 1 aromatic heterocycles. The van der Waals surface area contributed by atoms with E-state index in [2.05, 4.69) is 31.2 Å². The second kappa shape index (κ2) is 8.63. The van der Waals surface area contributed by atoms with Gasteiger partial charge in [-0.05, 0) is 36.8 Å². The lowest BCUT2D eigenvalue weighted by atomic mass is 10.2. The predicted octanol–water partition coefficient (Wildman–Crippen LogP) is 5.00. The van der Waals surface area contributed by atoms with Gasteiger partial charge in [-0.15, -0.1) is 0 Å². The second-order valence-electron chi connectivity index (χ2n) is 6.86. The van der Waals surface area contributed by atoms with Gasteiger partial charge >= 0.3 is 0 Å². The highest BCUT2D eigenvalue weighted by atomic mass is 32.2. The van der Waals surface area contributed by atoms with Crippen molar-refractivity contribution in [2.75, 3.05) is 14.2 Å². The number of benzene rings is 3. The molecule has 0 unspecified atom stereocenters. The van der Waals surface area contributed by atoms with Gasteiger partial charge in [0.15, 0.2) is 5.16 Å². The highest BCUT2D eigenvalue weighted by molar-refractivity contribution is 7.98. The summed E-state index contributed by atoms with van der Waals surface area (Å²) in [6.07, 6.45) is 0. The summed E-state index contributed by atoms with van der Waals surface area (Å²) in [5.74, 6) is 1.90. The van der Waals surface area contributed by atoms with Crippen molar-refractivity contribution in [1.82, 2.24) is 9.55 Å². The largest absolute Gasteiger partial charge is 0.497 e. The van der Waals surface area contributed by atoms with Gasteiger partial charge in [-0.1, -0.05) is 53.7 Å². The standard InChI is InChI=1S/C24H22N2O3S/c1-16-8-10-17(11-9-16)15-30-24-25-20-7-5-4-6-19(20)23(27)26(24)21-13-12-18(28-2)14-22(21)29-3/h4-14H,15H2,1-3H3. The van der Waals surface area contributed by atoms with Crippen LogP contribution in [0.3, 0.4) is 0 Å². The van der Waals surface area contributed by atoms with E-state index in [0.717, 1.165) is 0 Å². The van der Waals surface area contributed by atoms with E-state index >= 15 is 0 Å². The average Bonchev–Trinajstić information content (AvgIpc) is 2.78. The summed E-state index contributed by atoms with van der Waals surface area (Å²) in [5.41, 5.74) is 3.56. The Morgan fingerprint density at radius 3 is 2.47 bits per heavy atom. The lowest BCUT2D eigenvalue weighted by Gasteiger charge is -2.16. The minimum atomic E-state index is -0.129. The molecule has 6 heteroatoms. The molecule has 152 valence electrons. The van der Waals surface area contributed by atoms with E-state index in [4.69, 9.17) is 14.5 Å². The number of fused-ring (bicyclic) bond motifs is 1. The van der Waals surface area contributed by atoms with Crippen LogP contribution in [0, 0.1) is 6.92 Å². The van der Waals surface area contributed by atoms with E-state index in [1.807, 2.05) is 30.3 Å². The van der Waals surface area contributed by atoms with E-state index in [-0.39, 0.29) is 5.56 Å². The number of para-hydroxylation sites is 1. The van der Waals surface area contributed by atoms with Gasteiger partial charge < -0.3 is 9.47 Å². The Morgan fingerprint density at radius 1 is 0.967 bits per heavy atom. The number of aryl methyl sites for hydroxylation is 1. The van der Waals surface area contributed by atoms with Crippen molar-refractivity contribution in [2.45, 2.75) is 17.8 Å². The van der Waals surface area contributed by atoms with Crippen molar-refractivity contribution in [3.63, 3.8) is 0 Å². The second-order valence-corrected chi connectivity index (χ2v) is 7.81. The first-order valence-electron chi connectivity index (χ1n) is 9.53. The maximum absolute atomic E-state index is 13.5. The van der Waals surface area contributed by atoms with Crippen molar-refractivity contribution >= 4 is 22.7 Å². The molecule has 0 saturated carbocycles. The summed E-state index contributed by atoms with van der Waals surface area (Å²) in [5, 5.41) is 1.18. The first-order valence-corrected chi connectivity index (χ1v) is 10.5. The third-order valence-electron chi connectivity index (χ3n) is 4.86. The molecule has 3 aromatic carbocycles. The first-order chi connectivity index (χ1) is 14.6. The van der Waals surface area contributed by atoms with E-state index < -0.39 is 0 Å². The number of rotatable bonds is 6. The van der Waals surface area contributed by atoms with Crippen LogP contribution in [0.15, 0.2) is 76.7 Å².